The number of nitrogens with zero attached hydrogens (tertiary/aromatic N) is 1. The van der Waals surface area contributed by atoms with Gasteiger partial charge in [0.1, 0.15) is 0 Å². The van der Waals surface area contributed by atoms with Crippen molar-refractivity contribution in [1.29, 1.82) is 0 Å². The molecule has 2 aromatic carbocycles. The van der Waals surface area contributed by atoms with Crippen LogP contribution in [0, 0.1) is 0 Å². The third-order valence-corrected chi connectivity index (χ3v) is 6.45. The fraction of sp³-hybridized carbons (Fsp3) is 0.143. The molecule has 144 valence electrons. The first-order valence-corrected chi connectivity index (χ1v) is 10.9. The second kappa shape index (κ2) is 8.24. The third-order valence-electron chi connectivity index (χ3n) is 4.23. The molecule has 3 aromatic rings. The summed E-state index contributed by atoms with van der Waals surface area (Å²) in [5, 5.41) is 2.65. The van der Waals surface area contributed by atoms with Gasteiger partial charge in [-0.2, -0.15) is 0 Å². The van der Waals surface area contributed by atoms with E-state index in [1.54, 1.807) is 36.4 Å². The molecule has 1 N–H and O–H groups in total. The molecule has 7 heteroatoms. The van der Waals surface area contributed by atoms with E-state index in [-0.39, 0.29) is 21.4 Å². The van der Waals surface area contributed by atoms with Crippen molar-refractivity contribution in [2.24, 2.45) is 0 Å². The molecule has 1 heterocycles. The molecule has 0 spiro atoms. The highest BCUT2D eigenvalue weighted by Gasteiger charge is 2.20. The molecule has 1 aromatic heterocycles. The van der Waals surface area contributed by atoms with Gasteiger partial charge in [0.2, 0.25) is 9.84 Å². The van der Waals surface area contributed by atoms with E-state index in [1.807, 2.05) is 26.0 Å². The highest BCUT2D eigenvalue weighted by molar-refractivity contribution is 9.10. The van der Waals surface area contributed by atoms with Crippen LogP contribution in [0.5, 0.6) is 0 Å². The van der Waals surface area contributed by atoms with Crippen LogP contribution in [-0.4, -0.2) is 19.3 Å². The highest BCUT2D eigenvalue weighted by atomic mass is 79.9. The lowest BCUT2D eigenvalue weighted by atomic mass is 10.0. The molecule has 0 aliphatic carbocycles. The largest absolute Gasteiger partial charge is 0.322 e. The number of halogens is 1. The summed E-state index contributed by atoms with van der Waals surface area (Å²) >= 11 is 3.33. The lowest BCUT2D eigenvalue weighted by Crippen LogP contribution is -2.13. The van der Waals surface area contributed by atoms with Crippen molar-refractivity contribution in [3.05, 3.63) is 82.5 Å². The number of sulfone groups is 1. The topological polar surface area (TPSA) is 76.1 Å². The van der Waals surface area contributed by atoms with Crippen LogP contribution in [-0.2, 0) is 9.84 Å². The molecule has 0 aliphatic rings. The molecule has 5 nitrogen and oxygen atoms in total. The van der Waals surface area contributed by atoms with Crippen LogP contribution in [0.25, 0.3) is 0 Å². The number of carbonyl (C=O) groups is 1. The zero-order valence-corrected chi connectivity index (χ0v) is 17.8. The molecular formula is C21H19BrN2O3S. The van der Waals surface area contributed by atoms with Gasteiger partial charge in [-0.15, -0.1) is 0 Å². The Balaban J connectivity index is 1.79. The van der Waals surface area contributed by atoms with Crippen molar-refractivity contribution in [2.75, 3.05) is 5.32 Å². The predicted octanol–water partition coefficient (Wildman–Crippen LogP) is 5.05. The first-order valence-electron chi connectivity index (χ1n) is 8.65. The number of anilines is 1. The van der Waals surface area contributed by atoms with Crippen LogP contribution in [0.2, 0.25) is 0 Å². The summed E-state index contributed by atoms with van der Waals surface area (Å²) in [6.07, 6.45) is 1.27. The SMILES string of the molecule is CC(C)c1ccc(S(=O)(=O)c2ccc(C(=O)Nc3ccc(Br)cc3)cn2)cc1. The van der Waals surface area contributed by atoms with Gasteiger partial charge >= 0.3 is 0 Å². The van der Waals surface area contributed by atoms with Gasteiger partial charge in [-0.25, -0.2) is 13.4 Å². The van der Waals surface area contributed by atoms with Gasteiger partial charge < -0.3 is 5.32 Å². The third kappa shape index (κ3) is 4.48. The van der Waals surface area contributed by atoms with Gasteiger partial charge in [0, 0.05) is 16.4 Å². The number of benzene rings is 2. The van der Waals surface area contributed by atoms with Gasteiger partial charge in [0.05, 0.1) is 10.5 Å². The molecule has 0 saturated heterocycles. The molecule has 0 bridgehead atoms. The molecule has 28 heavy (non-hydrogen) atoms. The second-order valence-corrected chi connectivity index (χ2v) is 9.39. The van der Waals surface area contributed by atoms with Gasteiger partial charge in [0.15, 0.2) is 5.03 Å². The maximum Gasteiger partial charge on any atom is 0.257 e. The summed E-state index contributed by atoms with van der Waals surface area (Å²) in [5.41, 5.74) is 1.97. The van der Waals surface area contributed by atoms with Crippen molar-refractivity contribution >= 4 is 37.4 Å². The van der Waals surface area contributed by atoms with E-state index >= 15 is 0 Å². The Kier molecular flexibility index (Phi) is 5.96. The number of hydrogen-bond acceptors (Lipinski definition) is 4. The van der Waals surface area contributed by atoms with Crippen molar-refractivity contribution in [3.63, 3.8) is 0 Å². The van der Waals surface area contributed by atoms with E-state index in [0.717, 1.165) is 10.0 Å². The van der Waals surface area contributed by atoms with Crippen LogP contribution >= 0.6 is 15.9 Å². The lowest BCUT2D eigenvalue weighted by molar-refractivity contribution is 0.102. The quantitative estimate of drug-likeness (QED) is 0.579. The Hall–Kier alpha value is -2.51. The van der Waals surface area contributed by atoms with Crippen LogP contribution in [0.3, 0.4) is 0 Å². The molecule has 0 unspecified atom stereocenters. The maximum atomic E-state index is 12.8. The Labute approximate surface area is 172 Å². The second-order valence-electron chi connectivity index (χ2n) is 6.57. The van der Waals surface area contributed by atoms with E-state index in [1.165, 1.54) is 18.3 Å². The summed E-state index contributed by atoms with van der Waals surface area (Å²) in [6, 6.07) is 16.7. The van der Waals surface area contributed by atoms with Crippen molar-refractivity contribution < 1.29 is 13.2 Å². The monoisotopic (exact) mass is 458 g/mol. The van der Waals surface area contributed by atoms with E-state index < -0.39 is 9.84 Å². The molecule has 0 fully saturated rings. The average molecular weight is 459 g/mol. The number of amides is 1. The minimum absolute atomic E-state index is 0.0926. The molecular weight excluding hydrogens is 440 g/mol. The van der Waals surface area contributed by atoms with Crippen LogP contribution in [0.1, 0.15) is 35.7 Å². The fourth-order valence-electron chi connectivity index (χ4n) is 2.56. The van der Waals surface area contributed by atoms with Gasteiger partial charge in [0.25, 0.3) is 5.91 Å². The zero-order chi connectivity index (χ0) is 20.3. The molecule has 1 amide bonds. The van der Waals surface area contributed by atoms with E-state index in [9.17, 15) is 13.2 Å². The zero-order valence-electron chi connectivity index (χ0n) is 15.4. The standard InChI is InChI=1S/C21H19BrN2O3S/c1-14(2)15-3-10-19(11-4-15)28(26,27)20-12-5-16(13-23-20)21(25)24-18-8-6-17(22)7-9-18/h3-14H,1-2H3,(H,24,25). The first-order chi connectivity index (χ1) is 13.3. The summed E-state index contributed by atoms with van der Waals surface area (Å²) in [7, 11) is -3.74. The number of pyridine rings is 1. The number of hydrogen-bond donors (Lipinski definition) is 1. The van der Waals surface area contributed by atoms with E-state index in [2.05, 4.69) is 26.2 Å². The highest BCUT2D eigenvalue weighted by Crippen LogP contribution is 2.22. The minimum atomic E-state index is -3.74. The summed E-state index contributed by atoms with van der Waals surface area (Å²) in [4.78, 5) is 16.5. The lowest BCUT2D eigenvalue weighted by Gasteiger charge is -2.09. The summed E-state index contributed by atoms with van der Waals surface area (Å²) in [6.45, 7) is 4.09. The Morgan fingerprint density at radius 1 is 0.964 bits per heavy atom. The number of rotatable bonds is 5. The van der Waals surface area contributed by atoms with Gasteiger partial charge in [-0.05, 0) is 60.0 Å². The number of aromatic nitrogens is 1. The van der Waals surface area contributed by atoms with Crippen molar-refractivity contribution in [2.45, 2.75) is 29.7 Å². The summed E-state index contributed by atoms with van der Waals surface area (Å²) < 4.78 is 26.4. The van der Waals surface area contributed by atoms with Crippen LogP contribution in [0.4, 0.5) is 5.69 Å². The number of carbonyl (C=O) groups excluding carboxylic acids is 1. The molecule has 3 rings (SSSR count). The molecule has 0 radical (unpaired) electrons. The van der Waals surface area contributed by atoms with Gasteiger partial charge in [-0.1, -0.05) is 41.9 Å². The van der Waals surface area contributed by atoms with Crippen LogP contribution in [0.15, 0.2) is 81.3 Å². The Bertz CT molecular complexity index is 1080. The van der Waals surface area contributed by atoms with Gasteiger partial charge in [-0.3, -0.25) is 4.79 Å². The fourth-order valence-corrected chi connectivity index (χ4v) is 4.00. The minimum Gasteiger partial charge on any atom is -0.322 e. The summed E-state index contributed by atoms with van der Waals surface area (Å²) in [5.74, 6) is -0.0431. The first kappa shape index (κ1) is 20.2. The van der Waals surface area contributed by atoms with Crippen LogP contribution < -0.4 is 5.32 Å². The smallest absolute Gasteiger partial charge is 0.257 e. The molecule has 0 aliphatic heterocycles. The predicted molar refractivity (Wildman–Crippen MR) is 112 cm³/mol. The maximum absolute atomic E-state index is 12.8. The van der Waals surface area contributed by atoms with Crippen molar-refractivity contribution in [3.8, 4) is 0 Å². The van der Waals surface area contributed by atoms with Crippen molar-refractivity contribution in [1.82, 2.24) is 4.98 Å². The average Bonchev–Trinajstić information content (AvgIpc) is 2.70. The normalized spacial score (nSPS) is 11.4. The number of nitrogens with one attached hydrogen (secondary N) is 1. The van der Waals surface area contributed by atoms with E-state index in [0.29, 0.717) is 11.6 Å². The molecule has 0 saturated carbocycles. The van der Waals surface area contributed by atoms with E-state index in [4.69, 9.17) is 0 Å². The Morgan fingerprint density at radius 3 is 2.14 bits per heavy atom. The molecule has 0 atom stereocenters. The Morgan fingerprint density at radius 2 is 1.61 bits per heavy atom.